The van der Waals surface area contributed by atoms with Gasteiger partial charge in [0.05, 0.1) is 5.56 Å². The van der Waals surface area contributed by atoms with E-state index in [4.69, 9.17) is 4.74 Å². The molecule has 0 spiro atoms. The van der Waals surface area contributed by atoms with Crippen LogP contribution in [0.3, 0.4) is 0 Å². The van der Waals surface area contributed by atoms with Gasteiger partial charge in [0.1, 0.15) is 11.3 Å². The lowest BCUT2D eigenvalue weighted by Gasteiger charge is -2.11. The van der Waals surface area contributed by atoms with Crippen LogP contribution in [0.1, 0.15) is 20.7 Å². The monoisotopic (exact) mass is 442 g/mol. The molecule has 2 amide bonds. The highest BCUT2D eigenvalue weighted by Gasteiger charge is 2.18. The number of para-hydroxylation sites is 1. The quantitative estimate of drug-likeness (QED) is 0.529. The van der Waals surface area contributed by atoms with E-state index in [-0.39, 0.29) is 16.9 Å². The van der Waals surface area contributed by atoms with Crippen molar-refractivity contribution >= 4 is 33.7 Å². The zero-order valence-corrected chi connectivity index (χ0v) is 15.2. The van der Waals surface area contributed by atoms with Crippen LogP contribution in [0.2, 0.25) is 0 Å². The summed E-state index contributed by atoms with van der Waals surface area (Å²) in [5, 5.41) is 0. The molecule has 0 atom stereocenters. The van der Waals surface area contributed by atoms with E-state index in [1.165, 1.54) is 30.3 Å². The summed E-state index contributed by atoms with van der Waals surface area (Å²) in [5.74, 6) is -2.81. The van der Waals surface area contributed by atoms with Gasteiger partial charge < -0.3 is 9.47 Å². The molecule has 0 unspecified atom stereocenters. The number of benzene rings is 2. The highest BCUT2D eigenvalue weighted by molar-refractivity contribution is 9.10. The molecule has 0 aliphatic carbocycles. The molecule has 0 aromatic heterocycles. The molecule has 0 aliphatic heterocycles. The first-order chi connectivity index (χ1) is 12.9. The number of ether oxygens (including phenoxy) is 2. The molecular formula is C17H13BrF2N2O5. The van der Waals surface area contributed by atoms with Crippen molar-refractivity contribution in [3.05, 3.63) is 64.1 Å². The minimum absolute atomic E-state index is 0.261. The highest BCUT2D eigenvalue weighted by Crippen LogP contribution is 2.21. The first-order valence-electron chi connectivity index (χ1n) is 7.43. The molecule has 0 saturated heterocycles. The summed E-state index contributed by atoms with van der Waals surface area (Å²) in [6, 6.07) is 11.7. The molecular weight excluding hydrogens is 430 g/mol. The van der Waals surface area contributed by atoms with Crippen molar-refractivity contribution in [1.82, 2.24) is 10.9 Å². The minimum atomic E-state index is -3.12. The van der Waals surface area contributed by atoms with Crippen molar-refractivity contribution < 1.29 is 32.6 Å². The number of carbonyl (C=O) groups is 3. The Balaban J connectivity index is 1.86. The molecule has 0 bridgehead atoms. The summed E-state index contributed by atoms with van der Waals surface area (Å²) in [6.45, 7) is -3.85. The molecule has 2 rings (SSSR count). The van der Waals surface area contributed by atoms with E-state index in [9.17, 15) is 23.2 Å². The third-order valence-electron chi connectivity index (χ3n) is 3.09. The Morgan fingerprint density at radius 1 is 0.963 bits per heavy atom. The van der Waals surface area contributed by atoms with Gasteiger partial charge in [0.2, 0.25) is 0 Å². The number of alkyl halides is 2. The van der Waals surface area contributed by atoms with Gasteiger partial charge in [-0.3, -0.25) is 20.4 Å². The maximum Gasteiger partial charge on any atom is 0.387 e. The number of hydrazine groups is 1. The van der Waals surface area contributed by atoms with Crippen LogP contribution in [0.25, 0.3) is 0 Å². The molecule has 0 aliphatic rings. The number of halogens is 3. The minimum Gasteiger partial charge on any atom is -0.452 e. The summed E-state index contributed by atoms with van der Waals surface area (Å²) in [6.07, 6.45) is 0. The maximum atomic E-state index is 12.3. The predicted molar refractivity (Wildman–Crippen MR) is 93.1 cm³/mol. The van der Waals surface area contributed by atoms with Gasteiger partial charge in [-0.25, -0.2) is 4.79 Å². The summed E-state index contributed by atoms with van der Waals surface area (Å²) >= 11 is 3.20. The lowest BCUT2D eigenvalue weighted by atomic mass is 10.2. The zero-order chi connectivity index (χ0) is 19.8. The summed E-state index contributed by atoms with van der Waals surface area (Å²) < 4.78 is 34.2. The molecule has 27 heavy (non-hydrogen) atoms. The zero-order valence-electron chi connectivity index (χ0n) is 13.6. The van der Waals surface area contributed by atoms with E-state index >= 15 is 0 Å². The van der Waals surface area contributed by atoms with Crippen molar-refractivity contribution in [2.75, 3.05) is 6.61 Å². The number of amides is 2. The van der Waals surface area contributed by atoms with Gasteiger partial charge in [-0.1, -0.05) is 24.3 Å². The molecule has 0 saturated carbocycles. The molecule has 0 fully saturated rings. The second kappa shape index (κ2) is 9.62. The lowest BCUT2D eigenvalue weighted by Crippen LogP contribution is -2.43. The topological polar surface area (TPSA) is 93.7 Å². The number of rotatable bonds is 6. The highest BCUT2D eigenvalue weighted by atomic mass is 79.9. The number of nitrogens with one attached hydrogen (secondary N) is 2. The van der Waals surface area contributed by atoms with Crippen LogP contribution >= 0.6 is 15.9 Å². The molecule has 0 radical (unpaired) electrons. The normalized spacial score (nSPS) is 10.2. The molecule has 0 heterocycles. The van der Waals surface area contributed by atoms with Gasteiger partial charge in [0, 0.05) is 4.47 Å². The Morgan fingerprint density at radius 2 is 1.59 bits per heavy atom. The van der Waals surface area contributed by atoms with Crippen molar-refractivity contribution in [2.45, 2.75) is 6.61 Å². The van der Waals surface area contributed by atoms with Crippen LogP contribution in [0.4, 0.5) is 8.78 Å². The predicted octanol–water partition coefficient (Wildman–Crippen LogP) is 2.67. The van der Waals surface area contributed by atoms with E-state index in [0.717, 1.165) is 0 Å². The lowest BCUT2D eigenvalue weighted by molar-refractivity contribution is -0.125. The Labute approximate surface area is 160 Å². The van der Waals surface area contributed by atoms with Crippen LogP contribution in [0.15, 0.2) is 53.0 Å². The fourth-order valence-electron chi connectivity index (χ4n) is 1.92. The molecule has 7 nitrogen and oxygen atoms in total. The fourth-order valence-corrected chi connectivity index (χ4v) is 2.38. The standard InChI is InChI=1S/C17H13BrF2N2O5/c18-12-7-3-1-5-10(12)15(24)22-21-14(23)9-26-16(25)11-6-2-4-8-13(11)27-17(19)20/h1-8,17H,9H2,(H,21,23)(H,22,24). The van der Waals surface area contributed by atoms with E-state index in [0.29, 0.717) is 4.47 Å². The molecule has 142 valence electrons. The molecule has 2 aromatic rings. The molecule has 2 N–H and O–H groups in total. The number of esters is 1. The van der Waals surface area contributed by atoms with Crippen LogP contribution in [-0.2, 0) is 9.53 Å². The average molecular weight is 443 g/mol. The van der Waals surface area contributed by atoms with Gasteiger partial charge in [-0.15, -0.1) is 0 Å². The van der Waals surface area contributed by atoms with E-state index < -0.39 is 31.0 Å². The van der Waals surface area contributed by atoms with Crippen LogP contribution < -0.4 is 15.6 Å². The smallest absolute Gasteiger partial charge is 0.387 e. The van der Waals surface area contributed by atoms with Gasteiger partial charge in [0.25, 0.3) is 11.8 Å². The van der Waals surface area contributed by atoms with Crippen LogP contribution in [0, 0.1) is 0 Å². The average Bonchev–Trinajstić information content (AvgIpc) is 2.64. The number of hydrogen-bond donors (Lipinski definition) is 2. The molecule has 10 heteroatoms. The second-order valence-electron chi connectivity index (χ2n) is 4.93. The van der Waals surface area contributed by atoms with Crippen molar-refractivity contribution in [1.29, 1.82) is 0 Å². The Hall–Kier alpha value is -3.01. The van der Waals surface area contributed by atoms with Crippen LogP contribution in [0.5, 0.6) is 5.75 Å². The summed E-state index contributed by atoms with van der Waals surface area (Å²) in [5.41, 5.74) is 4.25. The molecule has 2 aromatic carbocycles. The van der Waals surface area contributed by atoms with Crippen molar-refractivity contribution in [3.63, 3.8) is 0 Å². The van der Waals surface area contributed by atoms with Crippen molar-refractivity contribution in [3.8, 4) is 5.75 Å². The number of carbonyl (C=O) groups excluding carboxylic acids is 3. The van der Waals surface area contributed by atoms with Gasteiger partial charge in [-0.2, -0.15) is 8.78 Å². The first kappa shape index (κ1) is 20.3. The van der Waals surface area contributed by atoms with E-state index in [1.54, 1.807) is 18.2 Å². The van der Waals surface area contributed by atoms with Crippen LogP contribution in [-0.4, -0.2) is 31.0 Å². The van der Waals surface area contributed by atoms with Crippen molar-refractivity contribution in [2.24, 2.45) is 0 Å². The van der Waals surface area contributed by atoms with Gasteiger partial charge in [-0.05, 0) is 40.2 Å². The van der Waals surface area contributed by atoms with Gasteiger partial charge >= 0.3 is 12.6 Å². The van der Waals surface area contributed by atoms with Gasteiger partial charge in [0.15, 0.2) is 6.61 Å². The maximum absolute atomic E-state index is 12.3. The fraction of sp³-hybridized carbons (Fsp3) is 0.118. The summed E-state index contributed by atoms with van der Waals surface area (Å²) in [7, 11) is 0. The SMILES string of the molecule is O=C(COC(=O)c1ccccc1OC(F)F)NNC(=O)c1ccccc1Br. The second-order valence-corrected chi connectivity index (χ2v) is 5.79. The first-order valence-corrected chi connectivity index (χ1v) is 8.22. The largest absolute Gasteiger partial charge is 0.452 e. The van der Waals surface area contributed by atoms with E-state index in [2.05, 4.69) is 31.5 Å². The third kappa shape index (κ3) is 6.03. The third-order valence-corrected chi connectivity index (χ3v) is 3.78. The van der Waals surface area contributed by atoms with E-state index in [1.807, 2.05) is 0 Å². The number of hydrogen-bond acceptors (Lipinski definition) is 5. The Morgan fingerprint density at radius 3 is 2.26 bits per heavy atom. The summed E-state index contributed by atoms with van der Waals surface area (Å²) in [4.78, 5) is 35.6. The Kier molecular flexibility index (Phi) is 7.24. The Bertz CT molecular complexity index is 848.